The molecule has 154 valence electrons. The molecular formula is C24H24N2O4. The van der Waals surface area contributed by atoms with Gasteiger partial charge in [-0.25, -0.2) is 4.98 Å². The number of fused-ring (bicyclic) bond motifs is 1. The van der Waals surface area contributed by atoms with Crippen LogP contribution in [0.3, 0.4) is 0 Å². The van der Waals surface area contributed by atoms with Gasteiger partial charge in [-0.15, -0.1) is 0 Å². The van der Waals surface area contributed by atoms with E-state index in [-0.39, 0.29) is 17.7 Å². The first kappa shape index (κ1) is 20.0. The molecule has 1 fully saturated rings. The standard InChI is InChI=1S/C24H24N2O4/c1-3-30-17-10-8-15(9-11-17)21-14-19(18-6-4-5-7-20(18)26-21)24(28)25-16-12-22(27)23(13-16)29-2/h4-11,14,16,23H,3,12-13H2,1-2H3,(H,25,28)/t16-,23+/m1/s1. The Kier molecular flexibility index (Phi) is 5.77. The minimum Gasteiger partial charge on any atom is -0.494 e. The molecule has 0 spiro atoms. The number of hydrogen-bond donors (Lipinski definition) is 1. The summed E-state index contributed by atoms with van der Waals surface area (Å²) in [7, 11) is 1.52. The van der Waals surface area contributed by atoms with Crippen molar-refractivity contribution >= 4 is 22.6 Å². The number of benzene rings is 2. The van der Waals surface area contributed by atoms with Crippen LogP contribution >= 0.6 is 0 Å². The Morgan fingerprint density at radius 3 is 2.63 bits per heavy atom. The number of aromatic nitrogens is 1. The summed E-state index contributed by atoms with van der Waals surface area (Å²) in [4.78, 5) is 29.8. The number of hydrogen-bond acceptors (Lipinski definition) is 5. The third-order valence-corrected chi connectivity index (χ3v) is 5.35. The number of nitrogens with zero attached hydrogens (tertiary/aromatic N) is 1. The fourth-order valence-electron chi connectivity index (χ4n) is 3.85. The highest BCUT2D eigenvalue weighted by molar-refractivity contribution is 6.07. The van der Waals surface area contributed by atoms with Crippen LogP contribution in [0.2, 0.25) is 0 Å². The molecule has 1 heterocycles. The molecule has 1 saturated carbocycles. The van der Waals surface area contributed by atoms with E-state index in [1.54, 1.807) is 6.07 Å². The molecule has 0 saturated heterocycles. The number of pyridine rings is 1. The van der Waals surface area contributed by atoms with Crippen molar-refractivity contribution in [1.82, 2.24) is 10.3 Å². The lowest BCUT2D eigenvalue weighted by Gasteiger charge is -2.14. The van der Waals surface area contributed by atoms with Gasteiger partial charge in [0.15, 0.2) is 5.78 Å². The molecule has 0 bridgehead atoms. The minimum absolute atomic E-state index is 0.0254. The van der Waals surface area contributed by atoms with Crippen molar-refractivity contribution in [1.29, 1.82) is 0 Å². The molecule has 0 unspecified atom stereocenters. The average molecular weight is 404 g/mol. The van der Waals surface area contributed by atoms with Gasteiger partial charge in [0.05, 0.1) is 23.4 Å². The van der Waals surface area contributed by atoms with E-state index < -0.39 is 6.10 Å². The number of nitrogens with one attached hydrogen (secondary N) is 1. The summed E-state index contributed by atoms with van der Waals surface area (Å²) in [6.07, 6.45) is 0.346. The van der Waals surface area contributed by atoms with Crippen molar-refractivity contribution in [2.24, 2.45) is 0 Å². The number of ether oxygens (including phenoxy) is 2. The van der Waals surface area contributed by atoms with E-state index in [1.807, 2.05) is 55.5 Å². The molecular weight excluding hydrogens is 380 g/mol. The van der Waals surface area contributed by atoms with E-state index in [4.69, 9.17) is 14.5 Å². The topological polar surface area (TPSA) is 77.5 Å². The second-order valence-corrected chi connectivity index (χ2v) is 7.33. The number of Topliss-reactive ketones (excluding diaryl/α,β-unsaturated/α-hetero) is 1. The highest BCUT2D eigenvalue weighted by Crippen LogP contribution is 2.27. The van der Waals surface area contributed by atoms with Gasteiger partial charge >= 0.3 is 0 Å². The summed E-state index contributed by atoms with van der Waals surface area (Å²) in [6, 6.07) is 16.8. The first-order chi connectivity index (χ1) is 14.6. The lowest BCUT2D eigenvalue weighted by atomic mass is 10.0. The Labute approximate surface area is 175 Å². The number of methoxy groups -OCH3 is 1. The molecule has 6 nitrogen and oxygen atoms in total. The third kappa shape index (κ3) is 4.04. The Morgan fingerprint density at radius 1 is 1.17 bits per heavy atom. The number of carbonyl (C=O) groups excluding carboxylic acids is 2. The number of rotatable bonds is 6. The lowest BCUT2D eigenvalue weighted by molar-refractivity contribution is -0.125. The summed E-state index contributed by atoms with van der Waals surface area (Å²) in [5, 5.41) is 3.77. The SMILES string of the molecule is CCOc1ccc(-c2cc(C(=O)N[C@@H]3CC(=O)[C@@H](OC)C3)c3ccccc3n2)cc1. The van der Waals surface area contributed by atoms with Gasteiger partial charge in [0.25, 0.3) is 5.91 Å². The summed E-state index contributed by atoms with van der Waals surface area (Å²) in [5.74, 6) is 0.603. The quantitative estimate of drug-likeness (QED) is 0.677. The molecule has 0 aliphatic heterocycles. The Hall–Kier alpha value is -3.25. The smallest absolute Gasteiger partial charge is 0.252 e. The highest BCUT2D eigenvalue weighted by atomic mass is 16.5. The zero-order valence-corrected chi connectivity index (χ0v) is 17.1. The fraction of sp³-hybridized carbons (Fsp3) is 0.292. The number of carbonyl (C=O) groups is 2. The third-order valence-electron chi connectivity index (χ3n) is 5.35. The maximum absolute atomic E-state index is 13.1. The van der Waals surface area contributed by atoms with Crippen LogP contribution < -0.4 is 10.1 Å². The van der Waals surface area contributed by atoms with E-state index >= 15 is 0 Å². The predicted molar refractivity (Wildman–Crippen MR) is 115 cm³/mol. The second kappa shape index (κ2) is 8.63. The molecule has 4 rings (SSSR count). The van der Waals surface area contributed by atoms with Gasteiger partial charge in [0.1, 0.15) is 11.9 Å². The van der Waals surface area contributed by atoms with Gasteiger partial charge < -0.3 is 14.8 Å². The second-order valence-electron chi connectivity index (χ2n) is 7.33. The van der Waals surface area contributed by atoms with Crippen molar-refractivity contribution in [3.05, 3.63) is 60.2 Å². The van der Waals surface area contributed by atoms with E-state index in [1.165, 1.54) is 7.11 Å². The zero-order valence-electron chi connectivity index (χ0n) is 17.1. The van der Waals surface area contributed by atoms with Crippen LogP contribution in [0.1, 0.15) is 30.1 Å². The van der Waals surface area contributed by atoms with Gasteiger partial charge in [0, 0.05) is 36.9 Å². The van der Waals surface area contributed by atoms with Crippen LogP contribution in [0, 0.1) is 0 Å². The largest absolute Gasteiger partial charge is 0.494 e. The molecule has 2 atom stereocenters. The molecule has 1 amide bonds. The Morgan fingerprint density at radius 2 is 1.93 bits per heavy atom. The van der Waals surface area contributed by atoms with Crippen molar-refractivity contribution < 1.29 is 19.1 Å². The Bertz CT molecular complexity index is 1080. The van der Waals surface area contributed by atoms with E-state index in [0.29, 0.717) is 30.7 Å². The average Bonchev–Trinajstić information content (AvgIpc) is 3.12. The van der Waals surface area contributed by atoms with Crippen molar-refractivity contribution in [2.75, 3.05) is 13.7 Å². The monoisotopic (exact) mass is 404 g/mol. The normalized spacial score (nSPS) is 18.5. The number of para-hydroxylation sites is 1. The van der Waals surface area contributed by atoms with Crippen LogP contribution in [-0.4, -0.2) is 42.5 Å². The molecule has 6 heteroatoms. The van der Waals surface area contributed by atoms with Gasteiger partial charge in [-0.2, -0.15) is 0 Å². The molecule has 1 aliphatic rings. The molecule has 1 aliphatic carbocycles. The molecule has 2 aromatic carbocycles. The van der Waals surface area contributed by atoms with Crippen LogP contribution in [0.4, 0.5) is 0 Å². The van der Waals surface area contributed by atoms with Crippen LogP contribution in [0.15, 0.2) is 54.6 Å². The van der Waals surface area contributed by atoms with Gasteiger partial charge in [-0.1, -0.05) is 18.2 Å². The molecule has 30 heavy (non-hydrogen) atoms. The van der Waals surface area contributed by atoms with E-state index in [9.17, 15) is 9.59 Å². The van der Waals surface area contributed by atoms with Crippen molar-refractivity contribution in [3.63, 3.8) is 0 Å². The summed E-state index contributed by atoms with van der Waals surface area (Å²) in [6.45, 7) is 2.54. The zero-order chi connectivity index (χ0) is 21.1. The predicted octanol–water partition coefficient (Wildman–Crippen LogP) is 3.78. The lowest BCUT2D eigenvalue weighted by Crippen LogP contribution is -2.33. The fourth-order valence-corrected chi connectivity index (χ4v) is 3.85. The highest BCUT2D eigenvalue weighted by Gasteiger charge is 2.33. The van der Waals surface area contributed by atoms with Gasteiger partial charge in [0.2, 0.25) is 0 Å². The minimum atomic E-state index is -0.441. The van der Waals surface area contributed by atoms with Crippen LogP contribution in [0.25, 0.3) is 22.2 Å². The van der Waals surface area contributed by atoms with Crippen molar-refractivity contribution in [2.45, 2.75) is 31.9 Å². The van der Waals surface area contributed by atoms with E-state index in [2.05, 4.69) is 5.32 Å². The summed E-state index contributed by atoms with van der Waals surface area (Å²) >= 11 is 0. The first-order valence-electron chi connectivity index (χ1n) is 10.1. The Balaban J connectivity index is 1.66. The maximum atomic E-state index is 13.1. The summed E-state index contributed by atoms with van der Waals surface area (Å²) in [5.41, 5.74) is 2.89. The molecule has 3 aromatic rings. The van der Waals surface area contributed by atoms with Gasteiger partial charge in [-0.05, 0) is 43.3 Å². The van der Waals surface area contributed by atoms with E-state index in [0.717, 1.165) is 22.2 Å². The molecule has 0 radical (unpaired) electrons. The van der Waals surface area contributed by atoms with Crippen molar-refractivity contribution in [3.8, 4) is 17.0 Å². The number of amides is 1. The van der Waals surface area contributed by atoms with Crippen LogP contribution in [-0.2, 0) is 9.53 Å². The maximum Gasteiger partial charge on any atom is 0.252 e. The molecule has 1 aromatic heterocycles. The number of ketones is 1. The first-order valence-corrected chi connectivity index (χ1v) is 10.1. The van der Waals surface area contributed by atoms with Gasteiger partial charge in [-0.3, -0.25) is 9.59 Å². The van der Waals surface area contributed by atoms with Crippen LogP contribution in [0.5, 0.6) is 5.75 Å². The molecule has 1 N–H and O–H groups in total. The summed E-state index contributed by atoms with van der Waals surface area (Å²) < 4.78 is 10.7.